The number of nitrogens with two attached hydrogens (primary N) is 1. The molecule has 2 heterocycles. The van der Waals surface area contributed by atoms with Crippen molar-refractivity contribution in [3.63, 3.8) is 0 Å². The van der Waals surface area contributed by atoms with Crippen molar-refractivity contribution >= 4 is 34.3 Å². The quantitative estimate of drug-likeness (QED) is 0.263. The van der Waals surface area contributed by atoms with Crippen molar-refractivity contribution in [3.8, 4) is 5.75 Å². The summed E-state index contributed by atoms with van der Waals surface area (Å²) in [5.74, 6) is -0.00122. The molecule has 1 amide bonds. The molecule has 4 N–H and O–H groups in total. The van der Waals surface area contributed by atoms with Gasteiger partial charge in [-0.25, -0.2) is 9.37 Å². The monoisotopic (exact) mass is 484 g/mol. The van der Waals surface area contributed by atoms with Gasteiger partial charge in [0.05, 0.1) is 35.6 Å². The molecule has 1 aliphatic rings. The predicted molar refractivity (Wildman–Crippen MR) is 127 cm³/mol. The van der Waals surface area contributed by atoms with Crippen molar-refractivity contribution in [2.45, 2.75) is 13.0 Å². The first-order valence-corrected chi connectivity index (χ1v) is 11.0. The third-order valence-corrected chi connectivity index (χ3v) is 6.20. The minimum atomic E-state index is -0.550. The topological polar surface area (TPSA) is 136 Å². The number of benzene rings is 2. The summed E-state index contributed by atoms with van der Waals surface area (Å²) in [7, 11) is 1.52. The smallest absolute Gasteiger partial charge is 0.284 e. The zero-order valence-corrected chi connectivity index (χ0v) is 18.9. The second kappa shape index (κ2) is 9.75. The van der Waals surface area contributed by atoms with E-state index in [4.69, 9.17) is 10.5 Å². The molecule has 0 atom stereocenters. The fourth-order valence-electron chi connectivity index (χ4n) is 3.42. The van der Waals surface area contributed by atoms with Crippen LogP contribution in [0.2, 0.25) is 0 Å². The lowest BCUT2D eigenvalue weighted by atomic mass is 10.2. The van der Waals surface area contributed by atoms with E-state index >= 15 is 0 Å². The van der Waals surface area contributed by atoms with Crippen LogP contribution in [0.4, 0.5) is 21.5 Å². The number of nitrogens with one attached hydrogen (secondary N) is 2. The standard InChI is InChI=1S/C22H21FN6O4S/c1-33-15-6-7-16(24)18(10-15)26-21(30)22-27-17-8-9-28(11-19(17)34-22)20(12-29(31)32)25-14-4-2-13(23)3-5-14/h2-7,10,12,25H,8-9,11,24H2,1H3,(H,26,30)/b20-12+. The van der Waals surface area contributed by atoms with Crippen molar-refractivity contribution in [2.24, 2.45) is 0 Å². The van der Waals surface area contributed by atoms with Gasteiger partial charge >= 0.3 is 0 Å². The number of nitrogen functional groups attached to an aromatic ring is 1. The first-order valence-electron chi connectivity index (χ1n) is 10.2. The number of halogens is 1. The summed E-state index contributed by atoms with van der Waals surface area (Å²) in [5.41, 5.74) is 8.04. The summed E-state index contributed by atoms with van der Waals surface area (Å²) in [6, 6.07) is 10.5. The van der Waals surface area contributed by atoms with Crippen LogP contribution in [-0.4, -0.2) is 34.4 Å². The number of hydrogen-bond acceptors (Lipinski definition) is 9. The number of ether oxygens (including phenoxy) is 1. The minimum absolute atomic E-state index is 0.255. The first kappa shape index (κ1) is 23.0. The molecule has 0 unspecified atom stereocenters. The summed E-state index contributed by atoms with van der Waals surface area (Å²) >= 11 is 1.22. The van der Waals surface area contributed by atoms with E-state index in [0.29, 0.717) is 42.3 Å². The number of carbonyl (C=O) groups is 1. The van der Waals surface area contributed by atoms with Gasteiger partial charge < -0.3 is 26.0 Å². The lowest BCUT2D eigenvalue weighted by Gasteiger charge is -2.29. The molecule has 176 valence electrons. The second-order valence-corrected chi connectivity index (χ2v) is 8.48. The van der Waals surface area contributed by atoms with Crippen LogP contribution in [-0.2, 0) is 13.0 Å². The molecule has 1 aromatic heterocycles. The molecule has 3 aromatic rings. The highest BCUT2D eigenvalue weighted by Crippen LogP contribution is 2.30. The number of nitrogens with zero attached hydrogens (tertiary/aromatic N) is 3. The van der Waals surface area contributed by atoms with Crippen molar-refractivity contribution in [2.75, 3.05) is 30.0 Å². The van der Waals surface area contributed by atoms with Gasteiger partial charge in [-0.3, -0.25) is 14.9 Å². The van der Waals surface area contributed by atoms with Crippen LogP contribution in [0.5, 0.6) is 5.75 Å². The number of rotatable bonds is 7. The maximum atomic E-state index is 13.2. The lowest BCUT2D eigenvalue weighted by Crippen LogP contribution is -2.33. The molecule has 0 saturated carbocycles. The number of nitro groups is 1. The van der Waals surface area contributed by atoms with Crippen molar-refractivity contribution in [1.82, 2.24) is 9.88 Å². The highest BCUT2D eigenvalue weighted by Gasteiger charge is 2.26. The van der Waals surface area contributed by atoms with E-state index in [1.54, 1.807) is 23.1 Å². The maximum absolute atomic E-state index is 13.2. The van der Waals surface area contributed by atoms with Crippen molar-refractivity contribution in [1.29, 1.82) is 0 Å². The van der Waals surface area contributed by atoms with Gasteiger partial charge in [-0.2, -0.15) is 0 Å². The third kappa shape index (κ3) is 5.23. The number of aromatic nitrogens is 1. The molecule has 2 aromatic carbocycles. The highest BCUT2D eigenvalue weighted by molar-refractivity contribution is 7.13. The Balaban J connectivity index is 1.51. The summed E-state index contributed by atoms with van der Waals surface area (Å²) in [5, 5.41) is 17.2. The highest BCUT2D eigenvalue weighted by atomic mass is 32.1. The van der Waals surface area contributed by atoms with Gasteiger partial charge in [0.25, 0.3) is 12.1 Å². The van der Waals surface area contributed by atoms with Crippen LogP contribution in [0.25, 0.3) is 0 Å². The van der Waals surface area contributed by atoms with E-state index in [9.17, 15) is 19.3 Å². The number of fused-ring (bicyclic) bond motifs is 1. The van der Waals surface area contributed by atoms with Crippen LogP contribution >= 0.6 is 11.3 Å². The van der Waals surface area contributed by atoms with E-state index in [0.717, 1.165) is 16.8 Å². The Labute approximate surface area is 198 Å². The molecule has 0 aliphatic carbocycles. The Kier molecular flexibility index (Phi) is 6.59. The molecule has 0 fully saturated rings. The summed E-state index contributed by atoms with van der Waals surface area (Å²) in [4.78, 5) is 30.5. The van der Waals surface area contributed by atoms with Crippen LogP contribution < -0.4 is 21.1 Å². The molecule has 12 heteroatoms. The third-order valence-electron chi connectivity index (χ3n) is 5.12. The molecule has 0 saturated heterocycles. The summed E-state index contributed by atoms with van der Waals surface area (Å²) < 4.78 is 18.4. The van der Waals surface area contributed by atoms with E-state index in [-0.39, 0.29) is 10.8 Å². The Morgan fingerprint density at radius 3 is 2.76 bits per heavy atom. The molecule has 0 spiro atoms. The van der Waals surface area contributed by atoms with Gasteiger partial charge in [0.2, 0.25) is 0 Å². The first-order chi connectivity index (χ1) is 16.3. The molecule has 4 rings (SSSR count). The predicted octanol–water partition coefficient (Wildman–Crippen LogP) is 3.67. The Morgan fingerprint density at radius 2 is 2.06 bits per heavy atom. The van der Waals surface area contributed by atoms with Gasteiger partial charge in [-0.15, -0.1) is 11.3 Å². The Morgan fingerprint density at radius 1 is 1.29 bits per heavy atom. The van der Waals surface area contributed by atoms with Crippen molar-refractivity contribution in [3.05, 3.63) is 86.0 Å². The molecular weight excluding hydrogens is 463 g/mol. The van der Waals surface area contributed by atoms with Gasteiger partial charge in [0, 0.05) is 29.6 Å². The van der Waals surface area contributed by atoms with Crippen LogP contribution in [0, 0.1) is 15.9 Å². The largest absolute Gasteiger partial charge is 0.497 e. The number of methoxy groups -OCH3 is 1. The van der Waals surface area contributed by atoms with Crippen molar-refractivity contribution < 1.29 is 18.8 Å². The summed E-state index contributed by atoms with van der Waals surface area (Å²) in [6.45, 7) is 0.782. The van der Waals surface area contributed by atoms with Crippen LogP contribution in [0.15, 0.2) is 54.5 Å². The van der Waals surface area contributed by atoms with Gasteiger partial charge in [0.1, 0.15) is 11.6 Å². The fraction of sp³-hybridized carbons (Fsp3) is 0.182. The van der Waals surface area contributed by atoms with Crippen LogP contribution in [0.3, 0.4) is 0 Å². The zero-order valence-electron chi connectivity index (χ0n) is 18.1. The Bertz CT molecular complexity index is 1260. The number of carbonyl (C=O) groups excluding carboxylic acids is 1. The molecule has 0 bridgehead atoms. The Hall–Kier alpha value is -4.19. The molecule has 10 nitrogen and oxygen atoms in total. The van der Waals surface area contributed by atoms with Gasteiger partial charge in [-0.05, 0) is 36.4 Å². The average molecular weight is 485 g/mol. The van der Waals surface area contributed by atoms with Gasteiger partial charge in [0.15, 0.2) is 10.8 Å². The minimum Gasteiger partial charge on any atom is -0.497 e. The SMILES string of the molecule is COc1ccc(N)c(NC(=O)c2nc3c(s2)CN(/C(=C/[N+](=O)[O-])Nc2ccc(F)cc2)CC3)c1. The molecular formula is C22H21FN6O4S. The second-order valence-electron chi connectivity index (χ2n) is 7.40. The molecule has 34 heavy (non-hydrogen) atoms. The van der Waals surface area contributed by atoms with E-state index in [1.807, 2.05) is 0 Å². The fourth-order valence-corrected chi connectivity index (χ4v) is 4.44. The molecule has 1 aliphatic heterocycles. The lowest BCUT2D eigenvalue weighted by molar-refractivity contribution is -0.404. The van der Waals surface area contributed by atoms with E-state index < -0.39 is 16.6 Å². The molecule has 0 radical (unpaired) electrons. The summed E-state index contributed by atoms with van der Waals surface area (Å²) in [6.07, 6.45) is 1.37. The number of amides is 1. The average Bonchev–Trinajstić information content (AvgIpc) is 3.25. The van der Waals surface area contributed by atoms with Crippen LogP contribution in [0.1, 0.15) is 20.4 Å². The zero-order chi connectivity index (χ0) is 24.2. The normalized spacial score (nSPS) is 13.2. The van der Waals surface area contributed by atoms with E-state index in [2.05, 4.69) is 15.6 Å². The maximum Gasteiger partial charge on any atom is 0.284 e. The van der Waals surface area contributed by atoms with Gasteiger partial charge in [-0.1, -0.05) is 0 Å². The number of thiazole rings is 1. The number of anilines is 3. The van der Waals surface area contributed by atoms with E-state index in [1.165, 1.54) is 42.7 Å². The number of hydrogen-bond donors (Lipinski definition) is 3.